The van der Waals surface area contributed by atoms with E-state index >= 15 is 0 Å². The van der Waals surface area contributed by atoms with Crippen molar-refractivity contribution in [1.82, 2.24) is 0 Å². The fraction of sp³-hybridized carbons (Fsp3) is 0.625. The Kier molecular flexibility index (Phi) is 3.87. The summed E-state index contributed by atoms with van der Waals surface area (Å²) >= 11 is 0. The minimum absolute atomic E-state index is 0.0602. The second-order valence-corrected chi connectivity index (χ2v) is 2.73. The second kappa shape index (κ2) is 4.98. The third kappa shape index (κ3) is 3.09. The molecule has 0 aromatic heterocycles. The third-order valence-electron chi connectivity index (χ3n) is 1.72. The first-order valence-electron chi connectivity index (χ1n) is 4.16. The van der Waals surface area contributed by atoms with Crippen LogP contribution in [0.25, 0.3) is 0 Å². The maximum Gasteiger partial charge on any atom is 0.147 e. The van der Waals surface area contributed by atoms with Crippen molar-refractivity contribution < 1.29 is 4.74 Å². The van der Waals surface area contributed by atoms with E-state index in [1.807, 2.05) is 0 Å². The summed E-state index contributed by atoms with van der Waals surface area (Å²) in [6.07, 6.45) is 6.13. The molecule has 1 heterocycles. The minimum atomic E-state index is -0.0602. The van der Waals surface area contributed by atoms with Gasteiger partial charge in [-0.05, 0) is 37.1 Å². The van der Waals surface area contributed by atoms with Crippen LogP contribution in [0.3, 0.4) is 0 Å². The molecule has 2 N–H and O–H groups in total. The number of allylic oxidation sites excluding steroid dienone is 1. The Bertz CT molecular complexity index is 185. The van der Waals surface area contributed by atoms with Gasteiger partial charge in [0.15, 0.2) is 0 Å². The molecule has 0 saturated carbocycles. The van der Waals surface area contributed by atoms with Crippen molar-refractivity contribution in [2.24, 2.45) is 10.7 Å². The van der Waals surface area contributed by atoms with E-state index in [9.17, 15) is 0 Å². The molecule has 1 aliphatic rings. The first kappa shape index (κ1) is 9.32. The van der Waals surface area contributed by atoms with E-state index in [0.717, 1.165) is 25.9 Å². The summed E-state index contributed by atoms with van der Waals surface area (Å²) < 4.78 is 5.35. The highest BCUT2D eigenvalue weighted by atomic mass is 16.5. The molecule has 2 radical (unpaired) electrons. The largest absolute Gasteiger partial charge is 0.405 e. The zero-order valence-electron chi connectivity index (χ0n) is 7.07. The van der Waals surface area contributed by atoms with Crippen molar-refractivity contribution in [2.45, 2.75) is 25.5 Å². The molecule has 1 unspecified atom stereocenters. The van der Waals surface area contributed by atoms with Crippen LogP contribution in [-0.2, 0) is 4.74 Å². The molecule has 64 valence electrons. The maximum atomic E-state index is 5.52. The smallest absolute Gasteiger partial charge is 0.147 e. The van der Waals surface area contributed by atoms with Crippen LogP contribution in [0.15, 0.2) is 17.3 Å². The van der Waals surface area contributed by atoms with Gasteiger partial charge in [0.1, 0.15) is 14.1 Å². The maximum absolute atomic E-state index is 5.52. The number of aliphatic imine (C=N–C) groups is 1. The molecule has 0 aromatic rings. The van der Waals surface area contributed by atoms with Crippen LogP contribution in [0, 0.1) is 0 Å². The third-order valence-corrected chi connectivity index (χ3v) is 1.72. The Labute approximate surface area is 74.1 Å². The van der Waals surface area contributed by atoms with Gasteiger partial charge in [-0.15, -0.1) is 0 Å². The van der Waals surface area contributed by atoms with Gasteiger partial charge in [0.2, 0.25) is 0 Å². The van der Waals surface area contributed by atoms with Crippen LogP contribution >= 0.6 is 0 Å². The molecule has 1 saturated heterocycles. The van der Waals surface area contributed by atoms with E-state index < -0.39 is 0 Å². The SMILES string of the molecule is [B]C(/C=C\N)=N\C1CCCCO1. The van der Waals surface area contributed by atoms with Crippen LogP contribution in [0.5, 0.6) is 0 Å². The van der Waals surface area contributed by atoms with Gasteiger partial charge in [-0.25, -0.2) is 0 Å². The number of rotatable bonds is 2. The van der Waals surface area contributed by atoms with Crippen LogP contribution in [-0.4, -0.2) is 26.3 Å². The van der Waals surface area contributed by atoms with Gasteiger partial charge in [-0.2, -0.15) is 0 Å². The van der Waals surface area contributed by atoms with E-state index in [0.29, 0.717) is 5.61 Å². The lowest BCUT2D eigenvalue weighted by atomic mass is 10.0. The van der Waals surface area contributed by atoms with Crippen molar-refractivity contribution >= 4 is 13.5 Å². The molecule has 1 fully saturated rings. The van der Waals surface area contributed by atoms with Gasteiger partial charge < -0.3 is 10.5 Å². The van der Waals surface area contributed by atoms with Gasteiger partial charge in [-0.3, -0.25) is 4.99 Å². The molecule has 1 rings (SSSR count). The van der Waals surface area contributed by atoms with Gasteiger partial charge in [-0.1, -0.05) is 0 Å². The molecule has 0 aliphatic carbocycles. The van der Waals surface area contributed by atoms with Crippen LogP contribution in [0.1, 0.15) is 19.3 Å². The van der Waals surface area contributed by atoms with E-state index in [-0.39, 0.29) is 6.23 Å². The monoisotopic (exact) mass is 164 g/mol. The van der Waals surface area contributed by atoms with Gasteiger partial charge >= 0.3 is 0 Å². The van der Waals surface area contributed by atoms with Crippen LogP contribution < -0.4 is 5.73 Å². The van der Waals surface area contributed by atoms with Crippen LogP contribution in [0.2, 0.25) is 0 Å². The number of ether oxygens (including phenoxy) is 1. The fourth-order valence-electron chi connectivity index (χ4n) is 1.13. The molecule has 4 heteroatoms. The summed E-state index contributed by atoms with van der Waals surface area (Å²) in [6.45, 7) is 0.786. The second-order valence-electron chi connectivity index (χ2n) is 2.73. The predicted octanol–water partition coefficient (Wildman–Crippen LogP) is 0.552. The van der Waals surface area contributed by atoms with E-state index in [4.69, 9.17) is 18.3 Å². The highest BCUT2D eigenvalue weighted by molar-refractivity contribution is 6.63. The lowest BCUT2D eigenvalue weighted by molar-refractivity contribution is 0.0226. The van der Waals surface area contributed by atoms with Crippen molar-refractivity contribution in [3.63, 3.8) is 0 Å². The Balaban J connectivity index is 2.41. The van der Waals surface area contributed by atoms with E-state index in [1.54, 1.807) is 6.08 Å². The number of hydrogen-bond acceptors (Lipinski definition) is 3. The number of nitrogens with zero attached hydrogens (tertiary/aromatic N) is 1. The predicted molar refractivity (Wildman–Crippen MR) is 50.1 cm³/mol. The summed E-state index contributed by atoms with van der Waals surface area (Å²) in [4.78, 5) is 4.13. The first-order chi connectivity index (χ1) is 5.83. The number of hydrogen-bond donors (Lipinski definition) is 1. The van der Waals surface area contributed by atoms with Gasteiger partial charge in [0.25, 0.3) is 0 Å². The Morgan fingerprint density at radius 2 is 2.42 bits per heavy atom. The van der Waals surface area contributed by atoms with E-state index in [1.165, 1.54) is 6.20 Å². The van der Waals surface area contributed by atoms with Gasteiger partial charge in [0, 0.05) is 6.61 Å². The summed E-state index contributed by atoms with van der Waals surface area (Å²) in [7, 11) is 5.52. The summed E-state index contributed by atoms with van der Waals surface area (Å²) in [5.41, 5.74) is 5.59. The molecule has 3 nitrogen and oxygen atoms in total. The first-order valence-corrected chi connectivity index (χ1v) is 4.16. The minimum Gasteiger partial charge on any atom is -0.405 e. The molecule has 0 spiro atoms. The quantitative estimate of drug-likeness (QED) is 0.478. The fourth-order valence-corrected chi connectivity index (χ4v) is 1.13. The molecular weight excluding hydrogens is 151 g/mol. The average molecular weight is 164 g/mol. The van der Waals surface area contributed by atoms with E-state index in [2.05, 4.69) is 4.99 Å². The zero-order valence-corrected chi connectivity index (χ0v) is 7.07. The Morgan fingerprint density at radius 3 is 3.00 bits per heavy atom. The summed E-state index contributed by atoms with van der Waals surface area (Å²) in [6, 6.07) is 0. The van der Waals surface area contributed by atoms with Crippen LogP contribution in [0.4, 0.5) is 0 Å². The standard InChI is InChI=1S/C8H13BN2O/c9-7(4-5-10)11-8-3-1-2-6-12-8/h4-5,8H,1-3,6,10H2/b5-4-,11-7-. The van der Waals surface area contributed by atoms with Crippen molar-refractivity contribution in [2.75, 3.05) is 6.61 Å². The average Bonchev–Trinajstić information content (AvgIpc) is 2.06. The lowest BCUT2D eigenvalue weighted by Crippen LogP contribution is -2.18. The van der Waals surface area contributed by atoms with Crippen molar-refractivity contribution in [3.8, 4) is 0 Å². The normalized spacial score (nSPS) is 26.3. The summed E-state index contributed by atoms with van der Waals surface area (Å²) in [5, 5.41) is 0. The highest BCUT2D eigenvalue weighted by Crippen LogP contribution is 2.13. The molecule has 1 aliphatic heterocycles. The van der Waals surface area contributed by atoms with Crippen molar-refractivity contribution in [3.05, 3.63) is 12.3 Å². The molecule has 0 amide bonds. The highest BCUT2D eigenvalue weighted by Gasteiger charge is 2.10. The Hall–Kier alpha value is -0.765. The lowest BCUT2D eigenvalue weighted by Gasteiger charge is -2.19. The van der Waals surface area contributed by atoms with Crippen molar-refractivity contribution in [1.29, 1.82) is 0 Å². The summed E-state index contributed by atoms with van der Waals surface area (Å²) in [5.74, 6) is 0. The van der Waals surface area contributed by atoms with Gasteiger partial charge in [0.05, 0.1) is 0 Å². The Morgan fingerprint density at radius 1 is 1.58 bits per heavy atom. The number of nitrogens with two attached hydrogens (primary N) is 1. The molecular formula is C8H13BN2O. The molecule has 12 heavy (non-hydrogen) atoms. The molecule has 1 atom stereocenters. The molecule has 0 aromatic carbocycles. The zero-order chi connectivity index (χ0) is 8.81. The molecule has 0 bridgehead atoms. The topological polar surface area (TPSA) is 47.6 Å².